The summed E-state index contributed by atoms with van der Waals surface area (Å²) in [5, 5.41) is 9.76. The maximum Gasteiger partial charge on any atom is 0.416 e. The zero-order valence-electron chi connectivity index (χ0n) is 19.6. The van der Waals surface area contributed by atoms with Crippen molar-refractivity contribution in [3.05, 3.63) is 45.4 Å². The Kier molecular flexibility index (Phi) is 8.40. The van der Waals surface area contributed by atoms with Crippen LogP contribution in [-0.4, -0.2) is 48.3 Å². The summed E-state index contributed by atoms with van der Waals surface area (Å²) in [4.78, 5) is 27.2. The molecule has 0 aliphatic carbocycles. The number of ether oxygens (including phenoxy) is 1. The minimum Gasteiger partial charge on any atom is -0.480 e. The number of amides is 1. The van der Waals surface area contributed by atoms with Gasteiger partial charge in [0.1, 0.15) is 0 Å². The van der Waals surface area contributed by atoms with Crippen molar-refractivity contribution >= 4 is 33.1 Å². The van der Waals surface area contributed by atoms with Crippen LogP contribution in [0.3, 0.4) is 0 Å². The number of nitrogens with two attached hydrogens (primary N) is 1. The van der Waals surface area contributed by atoms with Crippen molar-refractivity contribution in [3.63, 3.8) is 0 Å². The van der Waals surface area contributed by atoms with E-state index in [1.54, 1.807) is 0 Å². The molecule has 0 unspecified atom stereocenters. The maximum absolute atomic E-state index is 12.6. The van der Waals surface area contributed by atoms with E-state index in [9.17, 15) is 36.3 Å². The molecule has 35 heavy (non-hydrogen) atoms. The number of alkyl halides is 3. The summed E-state index contributed by atoms with van der Waals surface area (Å²) < 4.78 is 65.7. The SMILES string of the molecule is Cc1nc(C(N)=O)sc1C(C)(C)C.O=C(O)C1(S(=O)(=O)c2ccc(C(F)(F)F)cc2)CCOCC1. The molecular weight excluding hydrogens is 509 g/mol. The predicted octanol–water partition coefficient (Wildman–Crippen LogP) is 3.96. The van der Waals surface area contributed by atoms with Crippen molar-refractivity contribution in [2.75, 3.05) is 13.2 Å². The summed E-state index contributed by atoms with van der Waals surface area (Å²) in [6.07, 6.45) is -5.08. The van der Waals surface area contributed by atoms with Crippen LogP contribution in [0.15, 0.2) is 29.2 Å². The molecule has 1 aliphatic heterocycles. The van der Waals surface area contributed by atoms with E-state index in [0.717, 1.165) is 22.7 Å². The van der Waals surface area contributed by atoms with Crippen molar-refractivity contribution in [1.29, 1.82) is 0 Å². The second kappa shape index (κ2) is 10.2. The van der Waals surface area contributed by atoms with Gasteiger partial charge in [-0.05, 0) is 36.6 Å². The van der Waals surface area contributed by atoms with Gasteiger partial charge in [0, 0.05) is 30.9 Å². The van der Waals surface area contributed by atoms with Gasteiger partial charge < -0.3 is 15.6 Å². The minimum absolute atomic E-state index is 0.0356. The Morgan fingerprint density at radius 2 is 1.63 bits per heavy atom. The van der Waals surface area contributed by atoms with E-state index < -0.39 is 43.1 Å². The van der Waals surface area contributed by atoms with Gasteiger partial charge >= 0.3 is 12.1 Å². The molecule has 3 N–H and O–H groups in total. The molecule has 3 rings (SSSR count). The van der Waals surface area contributed by atoms with Gasteiger partial charge in [-0.2, -0.15) is 13.2 Å². The van der Waals surface area contributed by atoms with E-state index in [4.69, 9.17) is 10.5 Å². The molecule has 1 saturated heterocycles. The summed E-state index contributed by atoms with van der Waals surface area (Å²) in [6, 6.07) is 2.83. The van der Waals surface area contributed by atoms with Crippen molar-refractivity contribution in [2.45, 2.75) is 61.8 Å². The Morgan fingerprint density at radius 3 is 1.97 bits per heavy atom. The number of halogens is 3. The normalized spacial score (nSPS) is 16.2. The summed E-state index contributed by atoms with van der Waals surface area (Å²) in [6.45, 7) is 8.12. The number of thiazole rings is 1. The average molecular weight is 537 g/mol. The molecule has 1 aromatic carbocycles. The lowest BCUT2D eigenvalue weighted by Gasteiger charge is -2.32. The smallest absolute Gasteiger partial charge is 0.416 e. The standard InChI is InChI=1S/C13H13F3O5S.C9H14N2OS/c14-13(15,16)9-1-3-10(4-2-9)22(19,20)12(11(17)18)5-7-21-8-6-12;1-5-6(9(2,3)4)13-8(11-5)7(10)12/h1-4H,5-8H2,(H,17,18);1-4H3,(H2,10,12). The summed E-state index contributed by atoms with van der Waals surface area (Å²) in [7, 11) is -4.33. The number of nitrogens with zero attached hydrogens (tertiary/aromatic N) is 1. The molecule has 8 nitrogen and oxygen atoms in total. The van der Waals surface area contributed by atoms with Crippen LogP contribution < -0.4 is 5.73 Å². The minimum atomic E-state index is -4.59. The molecule has 0 spiro atoms. The molecule has 2 heterocycles. The van der Waals surface area contributed by atoms with Gasteiger partial charge in [0.25, 0.3) is 5.91 Å². The van der Waals surface area contributed by atoms with Gasteiger partial charge in [0.15, 0.2) is 19.6 Å². The van der Waals surface area contributed by atoms with E-state index in [1.165, 1.54) is 11.3 Å². The fraction of sp³-hybridized carbons (Fsp3) is 0.500. The number of aliphatic carboxylic acids is 1. The molecule has 1 aromatic heterocycles. The van der Waals surface area contributed by atoms with Crippen LogP contribution >= 0.6 is 11.3 Å². The number of rotatable bonds is 4. The molecule has 1 fully saturated rings. The monoisotopic (exact) mass is 536 g/mol. The van der Waals surface area contributed by atoms with Gasteiger partial charge in [0.2, 0.25) is 0 Å². The van der Waals surface area contributed by atoms with Gasteiger partial charge in [0.05, 0.1) is 16.2 Å². The van der Waals surface area contributed by atoms with Crippen LogP contribution in [0, 0.1) is 6.92 Å². The van der Waals surface area contributed by atoms with E-state index >= 15 is 0 Å². The first kappa shape index (κ1) is 28.7. The quantitative estimate of drug-likeness (QED) is 0.603. The molecule has 0 saturated carbocycles. The second-order valence-electron chi connectivity index (χ2n) is 8.99. The molecule has 1 aliphatic rings. The van der Waals surface area contributed by atoms with Crippen molar-refractivity contribution in [2.24, 2.45) is 5.73 Å². The van der Waals surface area contributed by atoms with Crippen LogP contribution in [-0.2, 0) is 31.0 Å². The molecular formula is C22H27F3N2O6S2. The van der Waals surface area contributed by atoms with Crippen LogP contribution in [0.4, 0.5) is 13.2 Å². The molecule has 0 bridgehead atoms. The highest BCUT2D eigenvalue weighted by molar-refractivity contribution is 7.93. The highest BCUT2D eigenvalue weighted by Crippen LogP contribution is 2.37. The Morgan fingerprint density at radius 1 is 1.11 bits per heavy atom. The van der Waals surface area contributed by atoms with E-state index in [-0.39, 0.29) is 31.5 Å². The van der Waals surface area contributed by atoms with Crippen molar-refractivity contribution in [3.8, 4) is 0 Å². The fourth-order valence-corrected chi connectivity index (χ4v) is 6.40. The summed E-state index contributed by atoms with van der Waals surface area (Å²) >= 11 is 1.39. The molecule has 194 valence electrons. The number of aryl methyl sites for hydroxylation is 1. The number of hydrogen-bond donors (Lipinski definition) is 2. The second-order valence-corrected chi connectivity index (χ2v) is 12.2. The number of carbonyl (C=O) groups excluding carboxylic acids is 1. The summed E-state index contributed by atoms with van der Waals surface area (Å²) in [5.41, 5.74) is 5.10. The Balaban J connectivity index is 0.000000283. The number of carboxylic acids is 1. The zero-order chi connectivity index (χ0) is 26.8. The van der Waals surface area contributed by atoms with Crippen molar-refractivity contribution < 1.29 is 41.0 Å². The number of carboxylic acid groups (broad SMARTS) is 1. The van der Waals surface area contributed by atoms with Crippen LogP contribution in [0.5, 0.6) is 0 Å². The molecule has 0 radical (unpaired) electrons. The molecule has 2 aromatic rings. The van der Waals surface area contributed by atoms with Crippen LogP contribution in [0.25, 0.3) is 0 Å². The van der Waals surface area contributed by atoms with E-state index in [2.05, 4.69) is 25.8 Å². The third-order valence-electron chi connectivity index (χ3n) is 5.39. The third-order valence-corrected chi connectivity index (χ3v) is 9.49. The first-order valence-corrected chi connectivity index (χ1v) is 12.7. The Labute approximate surface area is 205 Å². The van der Waals surface area contributed by atoms with Crippen molar-refractivity contribution in [1.82, 2.24) is 4.98 Å². The highest BCUT2D eigenvalue weighted by atomic mass is 32.2. The molecule has 0 atom stereocenters. The lowest BCUT2D eigenvalue weighted by atomic mass is 9.94. The number of primary amides is 1. The first-order chi connectivity index (χ1) is 15.9. The number of hydrogen-bond acceptors (Lipinski definition) is 7. The predicted molar refractivity (Wildman–Crippen MR) is 123 cm³/mol. The number of sulfone groups is 1. The number of benzene rings is 1. The fourth-order valence-electron chi connectivity index (χ4n) is 3.54. The first-order valence-electron chi connectivity index (χ1n) is 10.4. The van der Waals surface area contributed by atoms with Crippen LogP contribution in [0.2, 0.25) is 0 Å². The Hall–Kier alpha value is -2.51. The Bertz CT molecular complexity index is 1180. The van der Waals surface area contributed by atoms with Crippen LogP contribution in [0.1, 0.15) is 59.5 Å². The van der Waals surface area contributed by atoms with E-state index in [0.29, 0.717) is 17.1 Å². The van der Waals surface area contributed by atoms with Gasteiger partial charge in [-0.1, -0.05) is 20.8 Å². The summed E-state index contributed by atoms with van der Waals surface area (Å²) in [5.74, 6) is -1.96. The number of aromatic nitrogens is 1. The highest BCUT2D eigenvalue weighted by Gasteiger charge is 2.52. The van der Waals surface area contributed by atoms with Gasteiger partial charge in [-0.25, -0.2) is 13.4 Å². The maximum atomic E-state index is 12.6. The van der Waals surface area contributed by atoms with Gasteiger partial charge in [-0.3, -0.25) is 9.59 Å². The number of carbonyl (C=O) groups is 2. The molecule has 1 amide bonds. The average Bonchev–Trinajstić information content (AvgIpc) is 3.16. The zero-order valence-corrected chi connectivity index (χ0v) is 21.2. The lowest BCUT2D eigenvalue weighted by Crippen LogP contribution is -2.50. The largest absolute Gasteiger partial charge is 0.480 e. The third kappa shape index (κ3) is 6.19. The van der Waals surface area contributed by atoms with Gasteiger partial charge in [-0.15, -0.1) is 11.3 Å². The lowest BCUT2D eigenvalue weighted by molar-refractivity contribution is -0.142. The molecule has 13 heteroatoms. The topological polar surface area (TPSA) is 137 Å². The van der Waals surface area contributed by atoms with E-state index in [1.807, 2.05) is 6.92 Å².